The molecule has 0 aromatic heterocycles. The molecule has 1 saturated heterocycles. The number of carbonyl (C=O) groups is 2. The van der Waals surface area contributed by atoms with E-state index >= 15 is 0 Å². The average molecular weight is 456 g/mol. The first-order chi connectivity index (χ1) is 16.4. The third-order valence-corrected chi connectivity index (χ3v) is 6.32. The number of ketones is 1. The maximum Gasteiger partial charge on any atom is 0.300 e. The minimum Gasteiger partial charge on any atom is -0.507 e. The summed E-state index contributed by atoms with van der Waals surface area (Å²) in [5.74, 6) is -0.176. The number of aliphatic hydroxyl groups is 1. The van der Waals surface area contributed by atoms with E-state index in [1.165, 1.54) is 4.90 Å². The number of aliphatic hydroxyl groups excluding tert-OH is 1. The highest BCUT2D eigenvalue weighted by atomic mass is 16.5. The first-order valence-corrected chi connectivity index (χ1v) is 11.2. The molecule has 6 heteroatoms. The molecule has 6 nitrogen and oxygen atoms in total. The number of methoxy groups -OCH3 is 1. The zero-order valence-electron chi connectivity index (χ0n) is 19.2. The smallest absolute Gasteiger partial charge is 0.300 e. The maximum absolute atomic E-state index is 13.3. The molecule has 0 saturated carbocycles. The van der Waals surface area contributed by atoms with Crippen LogP contribution in [0.3, 0.4) is 0 Å². The molecule has 2 heterocycles. The van der Waals surface area contributed by atoms with Gasteiger partial charge < -0.3 is 14.6 Å². The fraction of sp³-hybridized carbons (Fsp3) is 0.214. The molecular weight excluding hydrogens is 430 g/mol. The molecule has 0 aliphatic carbocycles. The highest BCUT2D eigenvalue weighted by molar-refractivity contribution is 6.51. The van der Waals surface area contributed by atoms with Crippen LogP contribution in [-0.2, 0) is 16.0 Å². The summed E-state index contributed by atoms with van der Waals surface area (Å²) >= 11 is 0. The van der Waals surface area contributed by atoms with E-state index in [0.29, 0.717) is 17.0 Å². The lowest BCUT2D eigenvalue weighted by Gasteiger charge is -2.26. The van der Waals surface area contributed by atoms with E-state index in [9.17, 15) is 14.7 Å². The van der Waals surface area contributed by atoms with Crippen molar-refractivity contribution in [2.45, 2.75) is 32.4 Å². The van der Waals surface area contributed by atoms with E-state index in [-0.39, 0.29) is 17.4 Å². The first kappa shape index (κ1) is 21.8. The molecule has 2 aliphatic heterocycles. The van der Waals surface area contributed by atoms with Gasteiger partial charge in [-0.1, -0.05) is 29.8 Å². The number of carbonyl (C=O) groups excluding carboxylic acids is 2. The summed E-state index contributed by atoms with van der Waals surface area (Å²) in [4.78, 5) is 28.1. The Bertz CT molecular complexity index is 1320. The summed E-state index contributed by atoms with van der Waals surface area (Å²) in [6.07, 6.45) is 0.776. The van der Waals surface area contributed by atoms with Crippen molar-refractivity contribution < 1.29 is 24.2 Å². The van der Waals surface area contributed by atoms with E-state index in [2.05, 4.69) is 0 Å². The number of anilines is 1. The van der Waals surface area contributed by atoms with Gasteiger partial charge in [-0.15, -0.1) is 0 Å². The quantitative estimate of drug-likeness (QED) is 0.342. The highest BCUT2D eigenvalue weighted by Crippen LogP contribution is 2.43. The van der Waals surface area contributed by atoms with Gasteiger partial charge in [0.05, 0.1) is 18.7 Å². The second kappa shape index (κ2) is 8.37. The van der Waals surface area contributed by atoms with Crippen molar-refractivity contribution in [2.75, 3.05) is 12.0 Å². The normalized spacial score (nSPS) is 20.9. The van der Waals surface area contributed by atoms with Crippen LogP contribution in [0.1, 0.15) is 35.2 Å². The van der Waals surface area contributed by atoms with Crippen molar-refractivity contribution >= 4 is 23.1 Å². The molecule has 2 unspecified atom stereocenters. The Morgan fingerprint density at radius 2 is 1.82 bits per heavy atom. The number of hydrogen-bond donors (Lipinski definition) is 1. The van der Waals surface area contributed by atoms with Crippen LogP contribution in [0.25, 0.3) is 5.76 Å². The SMILES string of the molecule is COc1ccc(N2C(=O)C(=O)/C(=C(\O)c3ccc4c(c3)CC(C)O4)C2c2cccc(C)c2)cc1. The number of rotatable bonds is 4. The Kier molecular flexibility index (Phi) is 5.36. The fourth-order valence-corrected chi connectivity index (χ4v) is 4.72. The van der Waals surface area contributed by atoms with Crippen molar-refractivity contribution in [1.29, 1.82) is 0 Å². The van der Waals surface area contributed by atoms with Crippen LogP contribution in [0, 0.1) is 6.92 Å². The number of aryl methyl sites for hydroxylation is 1. The van der Waals surface area contributed by atoms with E-state index < -0.39 is 17.7 Å². The van der Waals surface area contributed by atoms with E-state index in [4.69, 9.17) is 9.47 Å². The molecule has 5 rings (SSSR count). The first-order valence-electron chi connectivity index (χ1n) is 11.2. The summed E-state index contributed by atoms with van der Waals surface area (Å²) in [5.41, 5.74) is 3.80. The number of hydrogen-bond acceptors (Lipinski definition) is 5. The molecule has 1 amide bonds. The van der Waals surface area contributed by atoms with Crippen LogP contribution in [0.15, 0.2) is 72.3 Å². The van der Waals surface area contributed by atoms with E-state index in [1.807, 2.05) is 44.2 Å². The lowest BCUT2D eigenvalue weighted by atomic mass is 9.93. The third kappa shape index (κ3) is 3.61. The molecule has 2 aliphatic rings. The van der Waals surface area contributed by atoms with Gasteiger partial charge in [-0.05, 0) is 67.4 Å². The molecule has 172 valence electrons. The topological polar surface area (TPSA) is 76.1 Å². The van der Waals surface area contributed by atoms with Gasteiger partial charge in [0, 0.05) is 17.7 Å². The summed E-state index contributed by atoms with van der Waals surface area (Å²) in [6.45, 7) is 3.93. The maximum atomic E-state index is 13.3. The molecule has 1 N–H and O–H groups in total. The van der Waals surface area contributed by atoms with Crippen molar-refractivity contribution in [3.05, 3.63) is 94.6 Å². The number of benzene rings is 3. The van der Waals surface area contributed by atoms with Gasteiger partial charge in [0.1, 0.15) is 23.4 Å². The summed E-state index contributed by atoms with van der Waals surface area (Å²) in [7, 11) is 1.57. The minimum atomic E-state index is -0.767. The summed E-state index contributed by atoms with van der Waals surface area (Å²) in [6, 6.07) is 19.2. The van der Waals surface area contributed by atoms with E-state index in [1.54, 1.807) is 43.5 Å². The van der Waals surface area contributed by atoms with Crippen molar-refractivity contribution in [2.24, 2.45) is 0 Å². The van der Waals surface area contributed by atoms with Gasteiger partial charge >= 0.3 is 0 Å². The van der Waals surface area contributed by atoms with Gasteiger partial charge in [-0.25, -0.2) is 0 Å². The monoisotopic (exact) mass is 455 g/mol. The second-order valence-corrected chi connectivity index (χ2v) is 8.74. The second-order valence-electron chi connectivity index (χ2n) is 8.74. The van der Waals surface area contributed by atoms with Gasteiger partial charge in [0.2, 0.25) is 0 Å². The standard InChI is InChI=1S/C28H25NO5/c1-16-5-4-6-18(13-16)25-24(26(30)19-7-12-23-20(15-19)14-17(2)34-23)27(31)28(32)29(25)21-8-10-22(33-3)11-9-21/h4-13,15,17,25,30H,14H2,1-3H3/b26-24-. The number of amides is 1. The van der Waals surface area contributed by atoms with Crippen molar-refractivity contribution in [3.8, 4) is 11.5 Å². The highest BCUT2D eigenvalue weighted by Gasteiger charge is 2.47. The van der Waals surface area contributed by atoms with Crippen LogP contribution in [-0.4, -0.2) is 30.0 Å². The van der Waals surface area contributed by atoms with Gasteiger partial charge in [0.25, 0.3) is 11.7 Å². The number of nitrogens with zero attached hydrogens (tertiary/aromatic N) is 1. The summed E-state index contributed by atoms with van der Waals surface area (Å²) in [5, 5.41) is 11.4. The molecule has 3 aromatic rings. The van der Waals surface area contributed by atoms with Gasteiger partial charge in [0.15, 0.2) is 0 Å². The van der Waals surface area contributed by atoms with Crippen LogP contribution in [0.4, 0.5) is 5.69 Å². The lowest BCUT2D eigenvalue weighted by molar-refractivity contribution is -0.132. The number of fused-ring (bicyclic) bond motifs is 1. The zero-order valence-corrected chi connectivity index (χ0v) is 19.2. The molecule has 0 radical (unpaired) electrons. The van der Waals surface area contributed by atoms with Crippen LogP contribution in [0.2, 0.25) is 0 Å². The van der Waals surface area contributed by atoms with Crippen LogP contribution >= 0.6 is 0 Å². The zero-order chi connectivity index (χ0) is 24.0. The molecule has 0 bridgehead atoms. The number of Topliss-reactive ketones (excluding diaryl/α,β-unsaturated/α-hetero) is 1. The molecular formula is C28H25NO5. The fourth-order valence-electron chi connectivity index (χ4n) is 4.72. The largest absolute Gasteiger partial charge is 0.507 e. The van der Waals surface area contributed by atoms with Crippen LogP contribution < -0.4 is 14.4 Å². The van der Waals surface area contributed by atoms with Crippen molar-refractivity contribution in [1.82, 2.24) is 0 Å². The summed E-state index contributed by atoms with van der Waals surface area (Å²) < 4.78 is 11.0. The molecule has 0 spiro atoms. The van der Waals surface area contributed by atoms with Gasteiger partial charge in [-0.2, -0.15) is 0 Å². The minimum absolute atomic E-state index is 0.0559. The molecule has 34 heavy (non-hydrogen) atoms. The van der Waals surface area contributed by atoms with Gasteiger partial charge in [-0.3, -0.25) is 14.5 Å². The van der Waals surface area contributed by atoms with Crippen molar-refractivity contribution in [3.63, 3.8) is 0 Å². The molecule has 1 fully saturated rings. The Morgan fingerprint density at radius 1 is 1.06 bits per heavy atom. The lowest BCUT2D eigenvalue weighted by Crippen LogP contribution is -2.29. The Labute approximate surface area is 198 Å². The molecule has 3 aromatic carbocycles. The predicted octanol–water partition coefficient (Wildman–Crippen LogP) is 4.95. The molecule has 2 atom stereocenters. The van der Waals surface area contributed by atoms with Crippen LogP contribution in [0.5, 0.6) is 11.5 Å². The number of ether oxygens (including phenoxy) is 2. The Hall–Kier alpha value is -4.06. The third-order valence-electron chi connectivity index (χ3n) is 6.32. The Morgan fingerprint density at radius 3 is 2.53 bits per heavy atom. The predicted molar refractivity (Wildman–Crippen MR) is 129 cm³/mol. The van der Waals surface area contributed by atoms with E-state index in [0.717, 1.165) is 28.9 Å². The Balaban J connectivity index is 1.68. The average Bonchev–Trinajstić information content (AvgIpc) is 3.34.